The summed E-state index contributed by atoms with van der Waals surface area (Å²) >= 11 is 0. The first kappa shape index (κ1) is 14.6. The Bertz CT molecular complexity index is 531. The van der Waals surface area contributed by atoms with E-state index in [4.69, 9.17) is 4.74 Å². The molecule has 1 aromatic heterocycles. The Morgan fingerprint density at radius 1 is 1.20 bits per heavy atom. The van der Waals surface area contributed by atoms with Gasteiger partial charge in [-0.05, 0) is 38.5 Å². The van der Waals surface area contributed by atoms with E-state index in [-0.39, 0.29) is 6.10 Å². The highest BCUT2D eigenvalue weighted by Crippen LogP contribution is 2.18. The Morgan fingerprint density at radius 2 is 1.90 bits per heavy atom. The molecule has 0 spiro atoms. The standard InChI is InChI=1S/C16H23N3O/c1-12(2)20-16-7-5-15(6-8-16)13(3)17-9-14-10-18-19(4)11-14/h5-8,10-13,17H,9H2,1-4H3. The van der Waals surface area contributed by atoms with Crippen LogP contribution in [0.4, 0.5) is 0 Å². The molecule has 0 aliphatic carbocycles. The van der Waals surface area contributed by atoms with E-state index in [0.29, 0.717) is 6.04 Å². The molecule has 0 saturated heterocycles. The Balaban J connectivity index is 1.90. The summed E-state index contributed by atoms with van der Waals surface area (Å²) in [7, 11) is 1.93. The van der Waals surface area contributed by atoms with Crippen molar-refractivity contribution in [2.45, 2.75) is 39.5 Å². The van der Waals surface area contributed by atoms with E-state index in [9.17, 15) is 0 Å². The van der Waals surface area contributed by atoms with E-state index < -0.39 is 0 Å². The van der Waals surface area contributed by atoms with E-state index in [1.165, 1.54) is 11.1 Å². The molecule has 20 heavy (non-hydrogen) atoms. The van der Waals surface area contributed by atoms with Gasteiger partial charge in [0.05, 0.1) is 12.3 Å². The number of hydrogen-bond acceptors (Lipinski definition) is 3. The number of hydrogen-bond donors (Lipinski definition) is 1. The summed E-state index contributed by atoms with van der Waals surface area (Å²) in [5.41, 5.74) is 2.45. The van der Waals surface area contributed by atoms with E-state index in [0.717, 1.165) is 12.3 Å². The van der Waals surface area contributed by atoms with Gasteiger partial charge in [-0.25, -0.2) is 0 Å². The second kappa shape index (κ2) is 6.57. The fraction of sp³-hybridized carbons (Fsp3) is 0.438. The van der Waals surface area contributed by atoms with Crippen molar-refractivity contribution < 1.29 is 4.74 Å². The maximum Gasteiger partial charge on any atom is 0.119 e. The van der Waals surface area contributed by atoms with Crippen molar-refractivity contribution in [2.24, 2.45) is 7.05 Å². The molecule has 1 unspecified atom stereocenters. The Hall–Kier alpha value is -1.81. The lowest BCUT2D eigenvalue weighted by molar-refractivity contribution is 0.242. The fourth-order valence-corrected chi connectivity index (χ4v) is 2.06. The van der Waals surface area contributed by atoms with E-state index in [1.54, 1.807) is 0 Å². The van der Waals surface area contributed by atoms with Gasteiger partial charge < -0.3 is 10.1 Å². The number of aromatic nitrogens is 2. The van der Waals surface area contributed by atoms with Gasteiger partial charge in [-0.1, -0.05) is 12.1 Å². The first-order valence-corrected chi connectivity index (χ1v) is 7.02. The number of rotatable bonds is 6. The van der Waals surface area contributed by atoms with Crippen molar-refractivity contribution in [3.8, 4) is 5.75 Å². The minimum atomic E-state index is 0.210. The van der Waals surface area contributed by atoms with Crippen LogP contribution in [-0.2, 0) is 13.6 Å². The van der Waals surface area contributed by atoms with Gasteiger partial charge in [-0.3, -0.25) is 4.68 Å². The second-order valence-corrected chi connectivity index (χ2v) is 5.36. The molecule has 0 amide bonds. The summed E-state index contributed by atoms with van der Waals surface area (Å²) in [5.74, 6) is 0.920. The van der Waals surface area contributed by atoms with Crippen LogP contribution in [0.3, 0.4) is 0 Å². The summed E-state index contributed by atoms with van der Waals surface area (Å²) in [6, 6.07) is 8.56. The normalized spacial score (nSPS) is 12.7. The zero-order chi connectivity index (χ0) is 14.5. The van der Waals surface area contributed by atoms with Crippen LogP contribution in [0, 0.1) is 0 Å². The second-order valence-electron chi connectivity index (χ2n) is 5.36. The first-order chi connectivity index (χ1) is 9.54. The summed E-state index contributed by atoms with van der Waals surface area (Å²) in [6.45, 7) is 7.05. The highest BCUT2D eigenvalue weighted by atomic mass is 16.5. The van der Waals surface area contributed by atoms with Crippen LogP contribution < -0.4 is 10.1 Å². The minimum Gasteiger partial charge on any atom is -0.491 e. The van der Waals surface area contributed by atoms with Crippen LogP contribution in [-0.4, -0.2) is 15.9 Å². The SMILES string of the molecule is CC(C)Oc1ccc(C(C)NCc2cnn(C)c2)cc1. The quantitative estimate of drug-likeness (QED) is 0.879. The van der Waals surface area contributed by atoms with Crippen LogP contribution in [0.15, 0.2) is 36.7 Å². The molecule has 2 aromatic rings. The molecule has 4 heteroatoms. The molecule has 0 bridgehead atoms. The van der Waals surface area contributed by atoms with Crippen molar-refractivity contribution >= 4 is 0 Å². The molecule has 0 aliphatic heterocycles. The summed E-state index contributed by atoms with van der Waals surface area (Å²) in [4.78, 5) is 0. The average molecular weight is 273 g/mol. The summed E-state index contributed by atoms with van der Waals surface area (Å²) in [5, 5.41) is 7.66. The molecule has 1 atom stereocenters. The van der Waals surface area contributed by atoms with Gasteiger partial charge in [0, 0.05) is 31.4 Å². The van der Waals surface area contributed by atoms with Gasteiger partial charge in [0.15, 0.2) is 0 Å². The molecule has 1 aromatic carbocycles. The van der Waals surface area contributed by atoms with Crippen LogP contribution in [0.1, 0.15) is 37.9 Å². The molecule has 1 heterocycles. The molecule has 0 radical (unpaired) electrons. The van der Waals surface area contributed by atoms with Crippen molar-refractivity contribution in [1.29, 1.82) is 0 Å². The highest BCUT2D eigenvalue weighted by molar-refractivity contribution is 5.29. The van der Waals surface area contributed by atoms with Gasteiger partial charge in [0.25, 0.3) is 0 Å². The monoisotopic (exact) mass is 273 g/mol. The van der Waals surface area contributed by atoms with Gasteiger partial charge in [-0.15, -0.1) is 0 Å². The van der Waals surface area contributed by atoms with Gasteiger partial charge >= 0.3 is 0 Å². The van der Waals surface area contributed by atoms with Gasteiger partial charge in [0.1, 0.15) is 5.75 Å². The van der Waals surface area contributed by atoms with Gasteiger partial charge in [0.2, 0.25) is 0 Å². The zero-order valence-electron chi connectivity index (χ0n) is 12.6. The average Bonchev–Trinajstić information content (AvgIpc) is 2.82. The summed E-state index contributed by atoms with van der Waals surface area (Å²) in [6.07, 6.45) is 4.13. The Kier molecular flexibility index (Phi) is 4.79. The van der Waals surface area contributed by atoms with Crippen molar-refractivity contribution in [1.82, 2.24) is 15.1 Å². The lowest BCUT2D eigenvalue weighted by atomic mass is 10.1. The third-order valence-electron chi connectivity index (χ3n) is 3.12. The molecule has 2 rings (SSSR count). The van der Waals surface area contributed by atoms with Crippen LogP contribution in [0.25, 0.3) is 0 Å². The van der Waals surface area contributed by atoms with Crippen LogP contribution >= 0.6 is 0 Å². The highest BCUT2D eigenvalue weighted by Gasteiger charge is 2.06. The molecular formula is C16H23N3O. The minimum absolute atomic E-state index is 0.210. The molecule has 4 nitrogen and oxygen atoms in total. The number of nitrogens with zero attached hydrogens (tertiary/aromatic N) is 2. The lowest BCUT2D eigenvalue weighted by Gasteiger charge is -2.15. The van der Waals surface area contributed by atoms with E-state index in [1.807, 2.05) is 50.1 Å². The van der Waals surface area contributed by atoms with Crippen LogP contribution in [0.2, 0.25) is 0 Å². The van der Waals surface area contributed by atoms with Crippen LogP contribution in [0.5, 0.6) is 5.75 Å². The number of aryl methyl sites for hydroxylation is 1. The number of nitrogens with one attached hydrogen (secondary N) is 1. The molecule has 1 N–H and O–H groups in total. The zero-order valence-corrected chi connectivity index (χ0v) is 12.6. The largest absolute Gasteiger partial charge is 0.491 e. The molecule has 108 valence electrons. The topological polar surface area (TPSA) is 39.1 Å². The lowest BCUT2D eigenvalue weighted by Crippen LogP contribution is -2.17. The fourth-order valence-electron chi connectivity index (χ4n) is 2.06. The molecule has 0 fully saturated rings. The molecule has 0 aliphatic rings. The predicted molar refractivity (Wildman–Crippen MR) is 80.7 cm³/mol. The number of benzene rings is 1. The number of ether oxygens (including phenoxy) is 1. The first-order valence-electron chi connectivity index (χ1n) is 7.02. The van der Waals surface area contributed by atoms with E-state index >= 15 is 0 Å². The maximum absolute atomic E-state index is 5.65. The Morgan fingerprint density at radius 3 is 2.45 bits per heavy atom. The maximum atomic E-state index is 5.65. The van der Waals surface area contributed by atoms with Gasteiger partial charge in [-0.2, -0.15) is 5.10 Å². The van der Waals surface area contributed by atoms with Crippen molar-refractivity contribution in [2.75, 3.05) is 0 Å². The third-order valence-corrected chi connectivity index (χ3v) is 3.12. The third kappa shape index (κ3) is 4.10. The Labute approximate surface area is 120 Å². The van der Waals surface area contributed by atoms with Crippen molar-refractivity contribution in [3.05, 3.63) is 47.8 Å². The predicted octanol–water partition coefficient (Wildman–Crippen LogP) is 3.06. The molecular weight excluding hydrogens is 250 g/mol. The summed E-state index contributed by atoms with van der Waals surface area (Å²) < 4.78 is 7.47. The smallest absolute Gasteiger partial charge is 0.119 e. The molecule has 0 saturated carbocycles. The van der Waals surface area contributed by atoms with E-state index in [2.05, 4.69) is 29.5 Å². The van der Waals surface area contributed by atoms with Crippen molar-refractivity contribution in [3.63, 3.8) is 0 Å².